The van der Waals surface area contributed by atoms with E-state index < -0.39 is 17.8 Å². The van der Waals surface area contributed by atoms with Gasteiger partial charge in [-0.1, -0.05) is 0 Å². The molecule has 114 valence electrons. The summed E-state index contributed by atoms with van der Waals surface area (Å²) >= 11 is 0. The molecule has 2 aromatic heterocycles. The van der Waals surface area contributed by atoms with Crippen molar-refractivity contribution < 1.29 is 22.7 Å². The maximum atomic E-state index is 12.4. The highest BCUT2D eigenvalue weighted by Crippen LogP contribution is 2.27. The first kappa shape index (κ1) is 15.6. The molecule has 0 aromatic carbocycles. The third-order valence-electron chi connectivity index (χ3n) is 2.59. The Bertz CT molecular complexity index is 680. The number of pyridine rings is 2. The van der Waals surface area contributed by atoms with Crippen LogP contribution in [0.3, 0.4) is 0 Å². The normalized spacial score (nSPS) is 11.6. The molecule has 0 amide bonds. The van der Waals surface area contributed by atoms with Gasteiger partial charge in [-0.3, -0.25) is 4.98 Å². The maximum absolute atomic E-state index is 12.4. The molecule has 5 nitrogen and oxygen atoms in total. The number of alkyl halides is 3. The van der Waals surface area contributed by atoms with Crippen LogP contribution in [-0.2, 0) is 10.9 Å². The van der Waals surface area contributed by atoms with E-state index in [2.05, 4.69) is 19.7 Å². The van der Waals surface area contributed by atoms with Crippen molar-refractivity contribution in [2.75, 3.05) is 7.11 Å². The molecule has 2 aromatic rings. The second-order valence-electron chi connectivity index (χ2n) is 4.13. The number of hydrogen-bond donors (Lipinski definition) is 0. The number of carbonyl (C=O) groups is 1. The Hall–Kier alpha value is -2.77. The van der Waals surface area contributed by atoms with Crippen LogP contribution in [0.5, 0.6) is 0 Å². The lowest BCUT2D eigenvalue weighted by Crippen LogP contribution is -2.07. The van der Waals surface area contributed by atoms with Gasteiger partial charge in [-0.25, -0.2) is 14.8 Å². The van der Waals surface area contributed by atoms with Crippen LogP contribution in [0, 0.1) is 0 Å². The number of ether oxygens (including phenoxy) is 1. The summed E-state index contributed by atoms with van der Waals surface area (Å²) in [5.41, 5.74) is -0.297. The van der Waals surface area contributed by atoms with Crippen LogP contribution >= 0.6 is 0 Å². The van der Waals surface area contributed by atoms with Gasteiger partial charge in [0, 0.05) is 24.2 Å². The third-order valence-corrected chi connectivity index (χ3v) is 2.59. The first-order chi connectivity index (χ1) is 10.4. The van der Waals surface area contributed by atoms with Crippen LogP contribution in [0.15, 0.2) is 41.7 Å². The quantitative estimate of drug-likeness (QED) is 0.646. The van der Waals surface area contributed by atoms with Crippen molar-refractivity contribution in [2.45, 2.75) is 6.18 Å². The minimum atomic E-state index is -4.47. The average molecular weight is 309 g/mol. The van der Waals surface area contributed by atoms with Gasteiger partial charge in [0.1, 0.15) is 5.69 Å². The summed E-state index contributed by atoms with van der Waals surface area (Å²) in [5, 5.41) is 0. The number of halogens is 3. The van der Waals surface area contributed by atoms with Crippen molar-refractivity contribution >= 4 is 18.0 Å². The lowest BCUT2D eigenvalue weighted by molar-refractivity contribution is -0.141. The molecule has 22 heavy (non-hydrogen) atoms. The van der Waals surface area contributed by atoms with Crippen molar-refractivity contribution in [1.29, 1.82) is 0 Å². The Labute approximate surface area is 123 Å². The van der Waals surface area contributed by atoms with Gasteiger partial charge in [-0.15, -0.1) is 0 Å². The van der Waals surface area contributed by atoms with Crippen LogP contribution in [-0.4, -0.2) is 29.3 Å². The number of aliphatic imine (C=N–C) groups is 1. The second-order valence-corrected chi connectivity index (χ2v) is 4.13. The van der Waals surface area contributed by atoms with E-state index in [9.17, 15) is 18.0 Å². The molecule has 0 aliphatic rings. The minimum Gasteiger partial charge on any atom is -0.465 e. The first-order valence-corrected chi connectivity index (χ1v) is 6.02. The zero-order valence-corrected chi connectivity index (χ0v) is 11.3. The van der Waals surface area contributed by atoms with Crippen LogP contribution in [0.2, 0.25) is 0 Å². The Morgan fingerprint density at radius 1 is 1.18 bits per heavy atom. The number of aromatic nitrogens is 2. The highest BCUT2D eigenvalue weighted by Gasteiger charge is 2.31. The fraction of sp³-hybridized carbons (Fsp3) is 0.143. The summed E-state index contributed by atoms with van der Waals surface area (Å²) in [6.45, 7) is 0. The zero-order valence-electron chi connectivity index (χ0n) is 11.3. The molecule has 0 radical (unpaired) electrons. The van der Waals surface area contributed by atoms with Crippen LogP contribution < -0.4 is 0 Å². The molecule has 0 aliphatic carbocycles. The van der Waals surface area contributed by atoms with E-state index in [1.807, 2.05) is 0 Å². The smallest absolute Gasteiger partial charge is 0.433 e. The Morgan fingerprint density at radius 3 is 2.45 bits per heavy atom. The molecule has 0 N–H and O–H groups in total. The fourth-order valence-electron chi connectivity index (χ4n) is 1.49. The van der Waals surface area contributed by atoms with E-state index in [-0.39, 0.29) is 5.56 Å². The van der Waals surface area contributed by atoms with Crippen molar-refractivity contribution in [3.8, 4) is 0 Å². The predicted molar refractivity (Wildman–Crippen MR) is 72.1 cm³/mol. The summed E-state index contributed by atoms with van der Waals surface area (Å²) in [6, 6.07) is 5.09. The van der Waals surface area contributed by atoms with E-state index >= 15 is 0 Å². The zero-order chi connectivity index (χ0) is 16.2. The van der Waals surface area contributed by atoms with Gasteiger partial charge in [0.25, 0.3) is 0 Å². The molecule has 0 unspecified atom stereocenters. The lowest BCUT2D eigenvalue weighted by Gasteiger charge is -2.04. The molecule has 2 heterocycles. The molecule has 0 spiro atoms. The van der Waals surface area contributed by atoms with Gasteiger partial charge in [-0.05, 0) is 24.3 Å². The molecule has 0 aliphatic heterocycles. The van der Waals surface area contributed by atoms with Crippen LogP contribution in [0.25, 0.3) is 0 Å². The summed E-state index contributed by atoms with van der Waals surface area (Å²) in [4.78, 5) is 22.4. The molecular weight excluding hydrogens is 299 g/mol. The monoisotopic (exact) mass is 309 g/mol. The Morgan fingerprint density at radius 2 is 1.95 bits per heavy atom. The van der Waals surface area contributed by atoms with E-state index in [1.165, 1.54) is 37.7 Å². The fourth-order valence-corrected chi connectivity index (χ4v) is 1.49. The number of methoxy groups -OCH3 is 1. The van der Waals surface area contributed by atoms with Gasteiger partial charge >= 0.3 is 12.1 Å². The van der Waals surface area contributed by atoms with Gasteiger partial charge < -0.3 is 4.74 Å². The number of carbonyl (C=O) groups excluding carboxylic acids is 1. The van der Waals surface area contributed by atoms with E-state index in [0.29, 0.717) is 11.4 Å². The molecule has 8 heteroatoms. The summed E-state index contributed by atoms with van der Waals surface area (Å²) in [5.74, 6) is -0.220. The van der Waals surface area contributed by atoms with Gasteiger partial charge in [0.15, 0.2) is 5.82 Å². The van der Waals surface area contributed by atoms with Crippen molar-refractivity contribution in [1.82, 2.24) is 9.97 Å². The Balaban J connectivity index is 2.10. The average Bonchev–Trinajstić information content (AvgIpc) is 2.52. The lowest BCUT2D eigenvalue weighted by atomic mass is 10.2. The van der Waals surface area contributed by atoms with Crippen LogP contribution in [0.1, 0.15) is 21.6 Å². The third kappa shape index (κ3) is 3.87. The minimum absolute atomic E-state index is 0.276. The topological polar surface area (TPSA) is 64.4 Å². The molecule has 0 fully saturated rings. The molecule has 0 saturated heterocycles. The van der Waals surface area contributed by atoms with E-state index in [0.717, 1.165) is 12.3 Å². The summed E-state index contributed by atoms with van der Waals surface area (Å²) in [6.07, 6.45) is -0.785. The molecule has 0 bridgehead atoms. The first-order valence-electron chi connectivity index (χ1n) is 6.02. The van der Waals surface area contributed by atoms with E-state index in [1.54, 1.807) is 0 Å². The second kappa shape index (κ2) is 6.33. The molecule has 2 rings (SSSR count). The maximum Gasteiger partial charge on any atom is 0.433 e. The SMILES string of the molecule is COC(=O)c1ccc(/N=C/c2ccc(C(F)(F)F)nc2)nc1. The highest BCUT2D eigenvalue weighted by molar-refractivity contribution is 5.89. The van der Waals surface area contributed by atoms with Crippen molar-refractivity contribution in [3.05, 3.63) is 53.5 Å². The standard InChI is InChI=1S/C14H10F3N3O2/c1-22-13(21)10-3-5-12(20-8-10)19-7-9-2-4-11(18-6-9)14(15,16)17/h2-8H,1H3/b19-7+. The Kier molecular flexibility index (Phi) is 4.50. The van der Waals surface area contributed by atoms with Gasteiger partial charge in [0.05, 0.1) is 12.7 Å². The van der Waals surface area contributed by atoms with E-state index in [4.69, 9.17) is 0 Å². The number of hydrogen-bond acceptors (Lipinski definition) is 5. The number of rotatable bonds is 3. The van der Waals surface area contributed by atoms with Gasteiger partial charge in [-0.2, -0.15) is 13.2 Å². The van der Waals surface area contributed by atoms with Crippen molar-refractivity contribution in [3.63, 3.8) is 0 Å². The molecule has 0 atom stereocenters. The molecule has 0 saturated carbocycles. The van der Waals surface area contributed by atoms with Crippen molar-refractivity contribution in [2.24, 2.45) is 4.99 Å². The largest absolute Gasteiger partial charge is 0.465 e. The van der Waals surface area contributed by atoms with Gasteiger partial charge in [0.2, 0.25) is 0 Å². The number of esters is 1. The molecular formula is C14H10F3N3O2. The predicted octanol–water partition coefficient (Wildman–Crippen LogP) is 3.03. The summed E-state index contributed by atoms with van der Waals surface area (Å²) in [7, 11) is 1.26. The highest BCUT2D eigenvalue weighted by atomic mass is 19.4. The number of nitrogens with zero attached hydrogens (tertiary/aromatic N) is 3. The van der Waals surface area contributed by atoms with Crippen LogP contribution in [0.4, 0.5) is 19.0 Å². The summed E-state index contributed by atoms with van der Waals surface area (Å²) < 4.78 is 41.6.